The molecule has 0 aliphatic carbocycles. The highest BCUT2D eigenvalue weighted by molar-refractivity contribution is 7.97. The Kier molecular flexibility index (Phi) is 4.24. The third kappa shape index (κ3) is 2.91. The molecule has 1 aliphatic heterocycles. The van der Waals surface area contributed by atoms with Crippen molar-refractivity contribution in [1.82, 2.24) is 9.62 Å². The minimum absolute atomic E-state index is 0.00477. The van der Waals surface area contributed by atoms with Gasteiger partial charge in [-0.1, -0.05) is 6.92 Å². The number of amides is 2. The van der Waals surface area contributed by atoms with E-state index >= 15 is 0 Å². The van der Waals surface area contributed by atoms with E-state index in [1.165, 1.54) is 11.9 Å². The molecule has 2 amide bonds. The summed E-state index contributed by atoms with van der Waals surface area (Å²) in [7, 11) is 0. The summed E-state index contributed by atoms with van der Waals surface area (Å²) in [6, 6.07) is 0.00477. The molecule has 5 heteroatoms. The average Bonchev–Trinajstić information content (AvgIpc) is 2.15. The van der Waals surface area contributed by atoms with Crippen LogP contribution < -0.4 is 4.72 Å². The summed E-state index contributed by atoms with van der Waals surface area (Å²) in [6.45, 7) is 4.73. The smallest absolute Gasteiger partial charge is 0.327 e. The lowest BCUT2D eigenvalue weighted by molar-refractivity contribution is 0.0547. The number of carbonyl (C=O) groups excluding carboxylic acids is 1. The molecule has 0 unspecified atom stereocenters. The molecular weight excluding hydrogens is 176 g/mol. The molecule has 0 aromatic carbocycles. The number of hydrogen-bond acceptors (Lipinski definition) is 3. The molecule has 0 spiro atoms. The number of rotatable bonds is 2. The molecule has 70 valence electrons. The second-order valence-corrected chi connectivity index (χ2v) is 3.51. The van der Waals surface area contributed by atoms with E-state index in [2.05, 4.69) is 4.72 Å². The Bertz CT molecular complexity index is 148. The molecule has 0 bridgehead atoms. The monoisotopic (exact) mass is 190 g/mol. The number of nitrogens with zero attached hydrogens (tertiary/aromatic N) is 1. The van der Waals surface area contributed by atoms with Gasteiger partial charge in [-0.3, -0.25) is 4.72 Å². The molecule has 0 aromatic rings. The van der Waals surface area contributed by atoms with Crippen LogP contribution in [0.15, 0.2) is 0 Å². The number of ether oxygens (including phenoxy) is 1. The number of nitrogens with one attached hydrogen (secondary N) is 1. The van der Waals surface area contributed by atoms with E-state index < -0.39 is 0 Å². The Hall–Kier alpha value is -0.420. The first-order valence-corrected chi connectivity index (χ1v) is 5.07. The summed E-state index contributed by atoms with van der Waals surface area (Å²) in [6.07, 6.45) is 0. The lowest BCUT2D eigenvalue weighted by Gasteiger charge is -2.26. The first kappa shape index (κ1) is 9.67. The van der Waals surface area contributed by atoms with Crippen LogP contribution in [0.5, 0.6) is 0 Å². The fourth-order valence-electron chi connectivity index (χ4n) is 0.965. The molecule has 0 aromatic heterocycles. The van der Waals surface area contributed by atoms with Gasteiger partial charge in [-0.2, -0.15) is 0 Å². The van der Waals surface area contributed by atoms with Crippen LogP contribution in [0.4, 0.5) is 4.79 Å². The van der Waals surface area contributed by atoms with Crippen LogP contribution in [0, 0.1) is 0 Å². The van der Waals surface area contributed by atoms with Gasteiger partial charge in [0.15, 0.2) is 0 Å². The minimum atomic E-state index is 0.00477. The standard InChI is InChI=1S/C7H14N2O2S/c1-2-12-8-7(10)9-3-5-11-6-4-9/h2-6H2,1H3,(H,8,10). The molecule has 0 atom stereocenters. The van der Waals surface area contributed by atoms with Crippen LogP contribution in [0.3, 0.4) is 0 Å². The van der Waals surface area contributed by atoms with Crippen LogP contribution in [0.2, 0.25) is 0 Å². The molecule has 1 aliphatic rings. The maximum absolute atomic E-state index is 11.3. The second kappa shape index (κ2) is 5.27. The van der Waals surface area contributed by atoms with Crippen molar-refractivity contribution in [1.29, 1.82) is 0 Å². The molecule has 0 radical (unpaired) electrons. The highest BCUT2D eigenvalue weighted by Crippen LogP contribution is 2.00. The number of urea groups is 1. The molecule has 1 heterocycles. The Morgan fingerprint density at radius 1 is 1.58 bits per heavy atom. The zero-order valence-corrected chi connectivity index (χ0v) is 8.02. The van der Waals surface area contributed by atoms with E-state index in [1.807, 2.05) is 6.92 Å². The summed E-state index contributed by atoms with van der Waals surface area (Å²) in [5, 5.41) is 0. The molecular formula is C7H14N2O2S. The van der Waals surface area contributed by atoms with Gasteiger partial charge in [-0.05, 0) is 11.9 Å². The van der Waals surface area contributed by atoms with Gasteiger partial charge in [0, 0.05) is 18.8 Å². The van der Waals surface area contributed by atoms with Gasteiger partial charge < -0.3 is 9.64 Å². The van der Waals surface area contributed by atoms with Crippen molar-refractivity contribution in [3.05, 3.63) is 0 Å². The van der Waals surface area contributed by atoms with E-state index in [4.69, 9.17) is 4.74 Å². The largest absolute Gasteiger partial charge is 0.378 e. The van der Waals surface area contributed by atoms with E-state index in [0.717, 1.165) is 5.75 Å². The number of morpholine rings is 1. The SMILES string of the molecule is CCSNC(=O)N1CCOCC1. The lowest BCUT2D eigenvalue weighted by atomic mass is 10.4. The molecule has 1 rings (SSSR count). The van der Waals surface area contributed by atoms with Gasteiger partial charge in [-0.25, -0.2) is 4.79 Å². The molecule has 4 nitrogen and oxygen atoms in total. The lowest BCUT2D eigenvalue weighted by Crippen LogP contribution is -2.44. The summed E-state index contributed by atoms with van der Waals surface area (Å²) in [5.74, 6) is 0.899. The van der Waals surface area contributed by atoms with Crippen LogP contribution >= 0.6 is 11.9 Å². The molecule has 1 saturated heterocycles. The molecule has 1 N–H and O–H groups in total. The second-order valence-electron chi connectivity index (χ2n) is 2.44. The van der Waals surface area contributed by atoms with Crippen molar-refractivity contribution in [3.63, 3.8) is 0 Å². The predicted molar refractivity (Wildman–Crippen MR) is 49.1 cm³/mol. The average molecular weight is 190 g/mol. The van der Waals surface area contributed by atoms with Crippen LogP contribution in [-0.4, -0.2) is 43.0 Å². The van der Waals surface area contributed by atoms with Gasteiger partial charge in [0.2, 0.25) is 0 Å². The summed E-state index contributed by atoms with van der Waals surface area (Å²) < 4.78 is 7.88. The summed E-state index contributed by atoms with van der Waals surface area (Å²) >= 11 is 1.43. The summed E-state index contributed by atoms with van der Waals surface area (Å²) in [5.41, 5.74) is 0. The molecule has 12 heavy (non-hydrogen) atoms. The third-order valence-electron chi connectivity index (χ3n) is 1.60. The van der Waals surface area contributed by atoms with E-state index in [1.54, 1.807) is 4.90 Å². The first-order valence-electron chi connectivity index (χ1n) is 4.09. The van der Waals surface area contributed by atoms with Gasteiger partial charge >= 0.3 is 6.03 Å². The third-order valence-corrected chi connectivity index (χ3v) is 2.21. The topological polar surface area (TPSA) is 41.6 Å². The minimum Gasteiger partial charge on any atom is -0.378 e. The van der Waals surface area contributed by atoms with Crippen LogP contribution in [0.1, 0.15) is 6.92 Å². The van der Waals surface area contributed by atoms with Crippen LogP contribution in [-0.2, 0) is 4.74 Å². The predicted octanol–water partition coefficient (Wildman–Crippen LogP) is 0.696. The maximum Gasteiger partial charge on any atom is 0.327 e. The van der Waals surface area contributed by atoms with Crippen molar-refractivity contribution >= 4 is 18.0 Å². The van der Waals surface area contributed by atoms with E-state index in [0.29, 0.717) is 26.3 Å². The van der Waals surface area contributed by atoms with Crippen molar-refractivity contribution in [2.75, 3.05) is 32.1 Å². The first-order chi connectivity index (χ1) is 5.84. The van der Waals surface area contributed by atoms with Gasteiger partial charge in [0.1, 0.15) is 0 Å². The zero-order valence-electron chi connectivity index (χ0n) is 7.21. The van der Waals surface area contributed by atoms with Crippen molar-refractivity contribution < 1.29 is 9.53 Å². The van der Waals surface area contributed by atoms with Gasteiger partial charge in [0.25, 0.3) is 0 Å². The highest BCUT2D eigenvalue weighted by Gasteiger charge is 2.15. The fourth-order valence-corrected chi connectivity index (χ4v) is 1.36. The summed E-state index contributed by atoms with van der Waals surface area (Å²) in [4.78, 5) is 13.1. The number of hydrogen-bond donors (Lipinski definition) is 1. The van der Waals surface area contributed by atoms with Gasteiger partial charge in [-0.15, -0.1) is 0 Å². The Balaban J connectivity index is 2.20. The van der Waals surface area contributed by atoms with Crippen molar-refractivity contribution in [3.8, 4) is 0 Å². The zero-order chi connectivity index (χ0) is 8.81. The van der Waals surface area contributed by atoms with Crippen molar-refractivity contribution in [2.45, 2.75) is 6.92 Å². The molecule has 0 saturated carbocycles. The normalized spacial score (nSPS) is 17.6. The quantitative estimate of drug-likeness (QED) is 0.652. The Morgan fingerprint density at radius 2 is 2.25 bits per heavy atom. The number of carbonyl (C=O) groups is 1. The van der Waals surface area contributed by atoms with Crippen LogP contribution in [0.25, 0.3) is 0 Å². The van der Waals surface area contributed by atoms with Crippen molar-refractivity contribution in [2.24, 2.45) is 0 Å². The highest BCUT2D eigenvalue weighted by atomic mass is 32.2. The van der Waals surface area contributed by atoms with E-state index in [-0.39, 0.29) is 6.03 Å². The van der Waals surface area contributed by atoms with E-state index in [9.17, 15) is 4.79 Å². The Morgan fingerprint density at radius 3 is 2.83 bits per heavy atom. The maximum atomic E-state index is 11.3. The fraction of sp³-hybridized carbons (Fsp3) is 0.857. The molecule has 1 fully saturated rings. The Labute approximate surface area is 76.8 Å². The van der Waals surface area contributed by atoms with Gasteiger partial charge in [0.05, 0.1) is 13.2 Å².